The molecule has 2 aromatic rings. The van der Waals surface area contributed by atoms with Gasteiger partial charge in [0.15, 0.2) is 16.7 Å². The molecule has 2 aliphatic rings. The Morgan fingerprint density at radius 1 is 1.21 bits per heavy atom. The van der Waals surface area contributed by atoms with E-state index in [1.165, 1.54) is 17.3 Å². The number of fused-ring (bicyclic) bond motifs is 1. The van der Waals surface area contributed by atoms with E-state index in [9.17, 15) is 4.79 Å². The van der Waals surface area contributed by atoms with Crippen LogP contribution < -0.4 is 19.5 Å². The molecule has 7 heteroatoms. The number of ether oxygens (including phenoxy) is 3. The van der Waals surface area contributed by atoms with Crippen LogP contribution in [0.5, 0.6) is 17.2 Å². The van der Waals surface area contributed by atoms with Crippen molar-refractivity contribution in [3.8, 4) is 17.2 Å². The monoisotopic (exact) mass is 396 g/mol. The number of amidine groups is 1. The van der Waals surface area contributed by atoms with Gasteiger partial charge in [0.05, 0.1) is 17.2 Å². The predicted molar refractivity (Wildman–Crippen MR) is 110 cm³/mol. The SMILES string of the molecule is CCOc1cc2c(cc1/C=C1/SC(=Nc3ccc(C)cc3C)NC1=O)OCO2. The number of thioether (sulfide) groups is 1. The first-order valence-electron chi connectivity index (χ1n) is 8.97. The smallest absolute Gasteiger partial charge is 0.264 e. The van der Waals surface area contributed by atoms with Gasteiger partial charge in [-0.05, 0) is 56.3 Å². The number of aliphatic imine (C=N–C) groups is 1. The summed E-state index contributed by atoms with van der Waals surface area (Å²) in [6, 6.07) is 9.65. The molecule has 1 N–H and O–H groups in total. The van der Waals surface area contributed by atoms with Crippen LogP contribution in [-0.4, -0.2) is 24.5 Å². The first kappa shape index (κ1) is 18.4. The third kappa shape index (κ3) is 3.71. The number of nitrogens with one attached hydrogen (secondary N) is 1. The minimum atomic E-state index is -0.186. The van der Waals surface area contributed by atoms with Gasteiger partial charge in [-0.25, -0.2) is 4.99 Å². The number of benzene rings is 2. The topological polar surface area (TPSA) is 69.2 Å². The van der Waals surface area contributed by atoms with E-state index in [0.29, 0.717) is 33.9 Å². The molecule has 2 aliphatic heterocycles. The van der Waals surface area contributed by atoms with E-state index in [1.807, 2.05) is 39.0 Å². The lowest BCUT2D eigenvalue weighted by molar-refractivity contribution is -0.115. The molecule has 1 fully saturated rings. The molecule has 6 nitrogen and oxygen atoms in total. The minimum absolute atomic E-state index is 0.183. The van der Waals surface area contributed by atoms with Crippen LogP contribution >= 0.6 is 11.8 Å². The van der Waals surface area contributed by atoms with Gasteiger partial charge in [-0.15, -0.1) is 0 Å². The van der Waals surface area contributed by atoms with Crippen molar-refractivity contribution in [2.75, 3.05) is 13.4 Å². The summed E-state index contributed by atoms with van der Waals surface area (Å²) in [6.45, 7) is 6.65. The molecular weight excluding hydrogens is 376 g/mol. The Morgan fingerprint density at radius 2 is 2.00 bits per heavy atom. The summed E-state index contributed by atoms with van der Waals surface area (Å²) < 4.78 is 16.6. The summed E-state index contributed by atoms with van der Waals surface area (Å²) in [6.07, 6.45) is 1.79. The summed E-state index contributed by atoms with van der Waals surface area (Å²) in [4.78, 5) is 17.6. The number of carbonyl (C=O) groups is 1. The molecule has 0 aliphatic carbocycles. The Bertz CT molecular complexity index is 1010. The zero-order valence-electron chi connectivity index (χ0n) is 15.9. The molecule has 0 radical (unpaired) electrons. The van der Waals surface area contributed by atoms with Crippen LogP contribution in [0, 0.1) is 13.8 Å². The van der Waals surface area contributed by atoms with Crippen molar-refractivity contribution in [1.29, 1.82) is 0 Å². The fraction of sp³-hybridized carbons (Fsp3) is 0.238. The van der Waals surface area contributed by atoms with Crippen molar-refractivity contribution < 1.29 is 19.0 Å². The molecule has 1 amide bonds. The molecule has 2 heterocycles. The highest BCUT2D eigenvalue weighted by Crippen LogP contribution is 2.40. The molecule has 0 atom stereocenters. The van der Waals surface area contributed by atoms with Crippen LogP contribution in [-0.2, 0) is 4.79 Å². The maximum absolute atomic E-state index is 12.4. The molecule has 4 rings (SSSR count). The Kier molecular flexibility index (Phi) is 5.00. The maximum atomic E-state index is 12.4. The van der Waals surface area contributed by atoms with Gasteiger partial charge in [-0.1, -0.05) is 17.7 Å². The third-order valence-electron chi connectivity index (χ3n) is 4.32. The molecule has 0 spiro atoms. The summed E-state index contributed by atoms with van der Waals surface area (Å²) >= 11 is 1.30. The molecule has 0 unspecified atom stereocenters. The Hall–Kier alpha value is -2.93. The number of nitrogens with zero attached hydrogens (tertiary/aromatic N) is 1. The number of hydrogen-bond acceptors (Lipinski definition) is 6. The van der Waals surface area contributed by atoms with E-state index < -0.39 is 0 Å². The normalized spacial score (nSPS) is 18.0. The zero-order valence-corrected chi connectivity index (χ0v) is 16.7. The number of amides is 1. The Morgan fingerprint density at radius 3 is 2.75 bits per heavy atom. The average Bonchev–Trinajstić information content (AvgIpc) is 3.24. The minimum Gasteiger partial charge on any atom is -0.493 e. The summed E-state index contributed by atoms with van der Waals surface area (Å²) in [5.74, 6) is 1.75. The lowest BCUT2D eigenvalue weighted by Gasteiger charge is -2.09. The number of aryl methyl sites for hydroxylation is 2. The zero-order chi connectivity index (χ0) is 19.7. The first-order chi connectivity index (χ1) is 13.5. The van der Waals surface area contributed by atoms with Gasteiger partial charge in [0.1, 0.15) is 5.75 Å². The van der Waals surface area contributed by atoms with E-state index in [2.05, 4.69) is 16.4 Å². The maximum Gasteiger partial charge on any atom is 0.264 e. The molecule has 0 aromatic heterocycles. The quantitative estimate of drug-likeness (QED) is 0.780. The van der Waals surface area contributed by atoms with Crippen LogP contribution in [0.25, 0.3) is 6.08 Å². The highest BCUT2D eigenvalue weighted by atomic mass is 32.2. The van der Waals surface area contributed by atoms with Gasteiger partial charge in [0.2, 0.25) is 6.79 Å². The lowest BCUT2D eigenvalue weighted by atomic mass is 10.1. The Balaban J connectivity index is 1.64. The molecule has 28 heavy (non-hydrogen) atoms. The summed E-state index contributed by atoms with van der Waals surface area (Å²) in [7, 11) is 0. The van der Waals surface area contributed by atoms with Gasteiger partial charge >= 0.3 is 0 Å². The summed E-state index contributed by atoms with van der Waals surface area (Å²) in [5, 5.41) is 3.38. The second-order valence-corrected chi connectivity index (χ2v) is 7.48. The second kappa shape index (κ2) is 7.59. The number of carbonyl (C=O) groups excluding carboxylic acids is 1. The van der Waals surface area contributed by atoms with Gasteiger partial charge in [0, 0.05) is 11.6 Å². The van der Waals surface area contributed by atoms with Crippen LogP contribution in [0.2, 0.25) is 0 Å². The van der Waals surface area contributed by atoms with Crippen LogP contribution in [0.15, 0.2) is 40.2 Å². The van der Waals surface area contributed by atoms with E-state index in [4.69, 9.17) is 14.2 Å². The van der Waals surface area contributed by atoms with Crippen LogP contribution in [0.3, 0.4) is 0 Å². The lowest BCUT2D eigenvalue weighted by Crippen LogP contribution is -2.19. The highest BCUT2D eigenvalue weighted by molar-refractivity contribution is 8.18. The molecule has 0 bridgehead atoms. The molecule has 2 aromatic carbocycles. The van der Waals surface area contributed by atoms with Crippen LogP contribution in [0.1, 0.15) is 23.6 Å². The molecule has 0 saturated carbocycles. The highest BCUT2D eigenvalue weighted by Gasteiger charge is 2.25. The van der Waals surface area contributed by atoms with Crippen molar-refractivity contribution in [2.24, 2.45) is 4.99 Å². The fourth-order valence-electron chi connectivity index (χ4n) is 2.99. The van der Waals surface area contributed by atoms with Crippen molar-refractivity contribution in [1.82, 2.24) is 5.32 Å². The summed E-state index contributed by atoms with van der Waals surface area (Å²) in [5.41, 5.74) is 3.84. The van der Waals surface area contributed by atoms with E-state index in [1.54, 1.807) is 12.1 Å². The molecule has 1 saturated heterocycles. The van der Waals surface area contributed by atoms with Gasteiger partial charge in [-0.2, -0.15) is 0 Å². The van der Waals surface area contributed by atoms with E-state index >= 15 is 0 Å². The number of rotatable bonds is 4. The standard InChI is InChI=1S/C21H20N2O4S/c1-4-25-16-10-18-17(26-11-27-18)8-14(16)9-19-20(24)23-21(28-19)22-15-6-5-12(2)7-13(15)3/h5-10H,4,11H2,1-3H3,(H,22,23,24)/b19-9+. The van der Waals surface area contributed by atoms with E-state index in [-0.39, 0.29) is 12.7 Å². The Labute approximate surface area is 167 Å². The van der Waals surface area contributed by atoms with Crippen LogP contribution in [0.4, 0.5) is 5.69 Å². The fourth-order valence-corrected chi connectivity index (χ4v) is 3.82. The molecular formula is C21H20N2O4S. The third-order valence-corrected chi connectivity index (χ3v) is 5.23. The molecule has 144 valence electrons. The first-order valence-corrected chi connectivity index (χ1v) is 9.78. The second-order valence-electron chi connectivity index (χ2n) is 6.45. The average molecular weight is 396 g/mol. The van der Waals surface area contributed by atoms with Crippen molar-refractivity contribution in [3.05, 3.63) is 51.9 Å². The number of hydrogen-bond donors (Lipinski definition) is 1. The van der Waals surface area contributed by atoms with Crippen molar-refractivity contribution in [2.45, 2.75) is 20.8 Å². The van der Waals surface area contributed by atoms with Crippen molar-refractivity contribution in [3.63, 3.8) is 0 Å². The largest absolute Gasteiger partial charge is 0.493 e. The van der Waals surface area contributed by atoms with Crippen molar-refractivity contribution >= 4 is 34.6 Å². The van der Waals surface area contributed by atoms with E-state index in [0.717, 1.165) is 16.8 Å². The predicted octanol–water partition coefficient (Wildman–Crippen LogP) is 4.32. The van der Waals surface area contributed by atoms with Gasteiger partial charge < -0.3 is 19.5 Å². The van der Waals surface area contributed by atoms with Gasteiger partial charge in [-0.3, -0.25) is 4.79 Å². The van der Waals surface area contributed by atoms with Gasteiger partial charge in [0.25, 0.3) is 5.91 Å².